The lowest BCUT2D eigenvalue weighted by molar-refractivity contribution is 0.284. The van der Waals surface area contributed by atoms with E-state index in [-0.39, 0.29) is 0 Å². The maximum atomic E-state index is 5.69. The van der Waals surface area contributed by atoms with Gasteiger partial charge in [-0.3, -0.25) is 0 Å². The highest BCUT2D eigenvalue weighted by Crippen LogP contribution is 2.29. The van der Waals surface area contributed by atoms with Crippen LogP contribution in [0.5, 0.6) is 5.75 Å². The van der Waals surface area contributed by atoms with E-state index >= 15 is 0 Å². The SMILES string of the molecule is CCC1CCC(C)CC1.CCCC.CCCOc1ccc(Cl)cc1.Cc1nc(N(C)C)c2ccccc2n1. The molecule has 0 unspecified atom stereocenters. The van der Waals surface area contributed by atoms with Gasteiger partial charge in [-0.1, -0.05) is 103 Å². The van der Waals surface area contributed by atoms with Crippen molar-refractivity contribution < 1.29 is 4.74 Å². The Hall–Kier alpha value is -2.33. The summed E-state index contributed by atoms with van der Waals surface area (Å²) in [5.41, 5.74) is 1.00. The molecule has 3 aromatic rings. The van der Waals surface area contributed by atoms with Gasteiger partial charge in [-0.2, -0.15) is 0 Å². The highest BCUT2D eigenvalue weighted by molar-refractivity contribution is 6.30. The number of para-hydroxylation sites is 1. The van der Waals surface area contributed by atoms with E-state index in [1.807, 2.05) is 74.4 Å². The van der Waals surface area contributed by atoms with Crippen LogP contribution in [0.4, 0.5) is 5.82 Å². The number of halogens is 1. The fourth-order valence-corrected chi connectivity index (χ4v) is 4.13. The second kappa shape index (κ2) is 19.7. The fraction of sp³-hybridized carbons (Fsp3) is 0.576. The third kappa shape index (κ3) is 13.5. The summed E-state index contributed by atoms with van der Waals surface area (Å²) in [5.74, 6) is 4.77. The van der Waals surface area contributed by atoms with E-state index in [1.54, 1.807) is 0 Å². The molecule has 1 aliphatic rings. The number of hydrogen-bond acceptors (Lipinski definition) is 4. The molecule has 1 saturated carbocycles. The zero-order valence-electron chi connectivity index (χ0n) is 25.3. The van der Waals surface area contributed by atoms with Crippen LogP contribution < -0.4 is 9.64 Å². The molecular weight excluding hydrogens is 490 g/mol. The minimum absolute atomic E-state index is 0.744. The van der Waals surface area contributed by atoms with Crippen molar-refractivity contribution in [3.63, 3.8) is 0 Å². The van der Waals surface area contributed by atoms with Gasteiger partial charge in [0.25, 0.3) is 0 Å². The standard InChI is InChI=1S/C11H13N3.C9H11ClO.C9H18.C4H10/c1-8-12-10-7-5-4-6-9(10)11(13-8)14(2)3;1-2-7-11-9-5-3-8(10)4-6-9;1-3-9-6-4-8(2)5-7-9;1-3-4-2/h4-7H,1-3H3;3-6H,2,7H2,1H3;8-9H,3-7H2,1-2H3;3-4H2,1-2H3. The molecule has 38 heavy (non-hydrogen) atoms. The normalized spacial score (nSPS) is 16.1. The first-order chi connectivity index (χ1) is 18.2. The monoisotopic (exact) mass is 541 g/mol. The van der Waals surface area contributed by atoms with Gasteiger partial charge >= 0.3 is 0 Å². The highest BCUT2D eigenvalue weighted by atomic mass is 35.5. The number of rotatable bonds is 6. The summed E-state index contributed by atoms with van der Waals surface area (Å²) in [5, 5.41) is 1.84. The summed E-state index contributed by atoms with van der Waals surface area (Å²) in [6.07, 6.45) is 11.0. The Bertz CT molecular complexity index is 997. The molecule has 4 rings (SSSR count). The van der Waals surface area contributed by atoms with Gasteiger partial charge in [0.15, 0.2) is 0 Å². The molecule has 0 saturated heterocycles. The molecule has 0 aliphatic heterocycles. The Balaban J connectivity index is 0.000000272. The van der Waals surface area contributed by atoms with Crippen LogP contribution in [0, 0.1) is 18.8 Å². The first-order valence-corrected chi connectivity index (χ1v) is 14.9. The van der Waals surface area contributed by atoms with Crippen molar-refractivity contribution >= 4 is 28.3 Å². The van der Waals surface area contributed by atoms with Crippen molar-refractivity contribution in [2.75, 3.05) is 25.6 Å². The van der Waals surface area contributed by atoms with Crippen molar-refractivity contribution in [1.29, 1.82) is 0 Å². The van der Waals surface area contributed by atoms with Crippen molar-refractivity contribution in [2.24, 2.45) is 11.8 Å². The molecule has 4 nitrogen and oxygen atoms in total. The average Bonchev–Trinajstić information content (AvgIpc) is 2.93. The molecular formula is C33H52ClN3O. The number of fused-ring (bicyclic) bond motifs is 1. The van der Waals surface area contributed by atoms with Crippen molar-refractivity contribution in [3.05, 3.63) is 59.4 Å². The van der Waals surface area contributed by atoms with Gasteiger partial charge in [0.1, 0.15) is 17.4 Å². The third-order valence-corrected chi connectivity index (χ3v) is 6.87. The van der Waals surface area contributed by atoms with Gasteiger partial charge in [-0.15, -0.1) is 0 Å². The molecule has 0 spiro atoms. The molecule has 0 atom stereocenters. The molecule has 212 valence electrons. The Morgan fingerprint density at radius 1 is 0.842 bits per heavy atom. The Morgan fingerprint density at radius 2 is 1.45 bits per heavy atom. The summed E-state index contributed by atoms with van der Waals surface area (Å²) in [4.78, 5) is 10.8. The number of benzene rings is 2. The molecule has 1 aliphatic carbocycles. The smallest absolute Gasteiger partial charge is 0.139 e. The minimum atomic E-state index is 0.744. The van der Waals surface area contributed by atoms with Crippen LogP contribution >= 0.6 is 11.6 Å². The summed E-state index contributed by atoms with van der Waals surface area (Å²) < 4.78 is 5.35. The molecule has 1 fully saturated rings. The van der Waals surface area contributed by atoms with Crippen LogP contribution in [0.1, 0.15) is 91.8 Å². The quantitative estimate of drug-likeness (QED) is 0.311. The number of anilines is 1. The van der Waals surface area contributed by atoms with Gasteiger partial charge < -0.3 is 9.64 Å². The number of nitrogens with zero attached hydrogens (tertiary/aromatic N) is 3. The van der Waals surface area contributed by atoms with Gasteiger partial charge in [0, 0.05) is 24.5 Å². The second-order valence-corrected chi connectivity index (χ2v) is 10.8. The van der Waals surface area contributed by atoms with Crippen LogP contribution in [0.2, 0.25) is 5.02 Å². The van der Waals surface area contributed by atoms with Crippen molar-refractivity contribution in [3.8, 4) is 5.75 Å². The van der Waals surface area contributed by atoms with Gasteiger partial charge in [-0.05, 0) is 61.6 Å². The number of unbranched alkanes of at least 4 members (excludes halogenated alkanes) is 1. The lowest BCUT2D eigenvalue weighted by atomic mass is 9.82. The summed E-state index contributed by atoms with van der Waals surface area (Å²) in [6.45, 7) is 13.8. The Labute approximate surface area is 238 Å². The fourth-order valence-electron chi connectivity index (χ4n) is 4.00. The number of aryl methyl sites for hydroxylation is 1. The predicted molar refractivity (Wildman–Crippen MR) is 168 cm³/mol. The molecule has 0 radical (unpaired) electrons. The molecule has 0 N–H and O–H groups in total. The minimum Gasteiger partial charge on any atom is -0.494 e. The van der Waals surface area contributed by atoms with Crippen LogP contribution in [-0.4, -0.2) is 30.7 Å². The molecule has 0 bridgehead atoms. The average molecular weight is 542 g/mol. The third-order valence-electron chi connectivity index (χ3n) is 6.62. The largest absolute Gasteiger partial charge is 0.494 e. The Kier molecular flexibility index (Phi) is 17.5. The van der Waals surface area contributed by atoms with Gasteiger partial charge in [0.2, 0.25) is 0 Å². The number of aromatic nitrogens is 2. The zero-order chi connectivity index (χ0) is 28.3. The van der Waals surface area contributed by atoms with Gasteiger partial charge in [-0.25, -0.2) is 9.97 Å². The zero-order valence-corrected chi connectivity index (χ0v) is 26.0. The van der Waals surface area contributed by atoms with Crippen LogP contribution in [0.3, 0.4) is 0 Å². The predicted octanol–water partition coefficient (Wildman–Crippen LogP) is 10.2. The molecule has 5 heteroatoms. The van der Waals surface area contributed by atoms with Crippen LogP contribution in [-0.2, 0) is 0 Å². The van der Waals surface area contributed by atoms with Crippen molar-refractivity contribution in [2.45, 2.75) is 92.9 Å². The van der Waals surface area contributed by atoms with Crippen molar-refractivity contribution in [1.82, 2.24) is 9.97 Å². The maximum absolute atomic E-state index is 5.69. The summed E-state index contributed by atoms with van der Waals surface area (Å²) >= 11 is 5.69. The molecule has 0 amide bonds. The van der Waals surface area contributed by atoms with E-state index in [0.29, 0.717) is 0 Å². The first-order valence-electron chi connectivity index (χ1n) is 14.5. The van der Waals surface area contributed by atoms with Crippen LogP contribution in [0.25, 0.3) is 10.9 Å². The topological polar surface area (TPSA) is 38.2 Å². The van der Waals surface area contributed by atoms with E-state index in [4.69, 9.17) is 16.3 Å². The lowest BCUT2D eigenvalue weighted by Gasteiger charge is -2.24. The van der Waals surface area contributed by atoms with Crippen LogP contribution in [0.15, 0.2) is 48.5 Å². The highest BCUT2D eigenvalue weighted by Gasteiger charge is 2.15. The van der Waals surface area contributed by atoms with E-state index in [9.17, 15) is 0 Å². The van der Waals surface area contributed by atoms with E-state index in [1.165, 1.54) is 44.9 Å². The number of hydrogen-bond donors (Lipinski definition) is 0. The molecule has 2 aromatic carbocycles. The van der Waals surface area contributed by atoms with E-state index in [2.05, 4.69) is 44.6 Å². The number of ether oxygens (including phenoxy) is 1. The maximum Gasteiger partial charge on any atom is 0.139 e. The summed E-state index contributed by atoms with van der Waals surface area (Å²) in [6, 6.07) is 15.5. The molecule has 1 aromatic heterocycles. The van der Waals surface area contributed by atoms with E-state index < -0.39 is 0 Å². The molecule has 1 heterocycles. The summed E-state index contributed by atoms with van der Waals surface area (Å²) in [7, 11) is 3.99. The second-order valence-electron chi connectivity index (χ2n) is 10.3. The Morgan fingerprint density at radius 3 is 1.97 bits per heavy atom. The van der Waals surface area contributed by atoms with E-state index in [0.717, 1.165) is 58.2 Å². The first kappa shape index (κ1) is 33.7. The lowest BCUT2D eigenvalue weighted by Crippen LogP contribution is -2.12. The van der Waals surface area contributed by atoms with Gasteiger partial charge in [0.05, 0.1) is 12.1 Å².